The Kier molecular flexibility index (Phi) is 4.75. The molecule has 3 N–H and O–H groups in total. The van der Waals surface area contributed by atoms with Gasteiger partial charge in [0.05, 0.1) is 5.75 Å². The number of hydrogen-bond donors (Lipinski definition) is 2. The molecule has 0 aliphatic rings. The van der Waals surface area contributed by atoms with Crippen LogP contribution >= 0.6 is 11.8 Å². The van der Waals surface area contributed by atoms with Crippen LogP contribution in [0.15, 0.2) is 29.4 Å². The third kappa shape index (κ3) is 4.00. The zero-order valence-electron chi connectivity index (χ0n) is 13.3. The van der Waals surface area contributed by atoms with Gasteiger partial charge in [-0.2, -0.15) is 0 Å². The van der Waals surface area contributed by atoms with Gasteiger partial charge in [-0.3, -0.25) is 4.79 Å². The second-order valence-corrected chi connectivity index (χ2v) is 7.08. The van der Waals surface area contributed by atoms with Crippen molar-refractivity contribution in [3.8, 4) is 0 Å². The van der Waals surface area contributed by atoms with Crippen LogP contribution in [0.5, 0.6) is 0 Å². The van der Waals surface area contributed by atoms with Crippen molar-refractivity contribution in [3.05, 3.63) is 35.7 Å². The van der Waals surface area contributed by atoms with Gasteiger partial charge in [-0.1, -0.05) is 44.7 Å². The minimum absolute atomic E-state index is 0.101. The third-order valence-corrected chi connectivity index (χ3v) is 3.91. The predicted molar refractivity (Wildman–Crippen MR) is 89.4 cm³/mol. The third-order valence-electron chi connectivity index (χ3n) is 2.97. The molecular formula is C15H21N5OS. The number of benzene rings is 1. The molecule has 0 fully saturated rings. The van der Waals surface area contributed by atoms with Gasteiger partial charge in [0, 0.05) is 11.1 Å². The summed E-state index contributed by atoms with van der Waals surface area (Å²) in [6.45, 7) is 8.02. The van der Waals surface area contributed by atoms with Crippen LogP contribution in [0.4, 0.5) is 5.69 Å². The fourth-order valence-electron chi connectivity index (χ4n) is 1.94. The molecule has 7 heteroatoms. The van der Waals surface area contributed by atoms with Gasteiger partial charge in [0.1, 0.15) is 0 Å². The molecule has 0 saturated heterocycles. The van der Waals surface area contributed by atoms with Gasteiger partial charge in [-0.25, -0.2) is 4.68 Å². The molecule has 118 valence electrons. The molecular weight excluding hydrogens is 298 g/mol. The molecule has 22 heavy (non-hydrogen) atoms. The number of thioether (sulfide) groups is 1. The molecule has 0 unspecified atom stereocenters. The molecule has 0 saturated carbocycles. The molecule has 0 atom stereocenters. The molecule has 1 heterocycles. The molecule has 0 spiro atoms. The van der Waals surface area contributed by atoms with Crippen LogP contribution in [0.25, 0.3) is 0 Å². The first-order valence-corrected chi connectivity index (χ1v) is 7.96. The Morgan fingerprint density at radius 2 is 2.09 bits per heavy atom. The summed E-state index contributed by atoms with van der Waals surface area (Å²) in [5.41, 5.74) is 1.70. The van der Waals surface area contributed by atoms with E-state index < -0.39 is 0 Å². The van der Waals surface area contributed by atoms with Gasteiger partial charge < -0.3 is 11.2 Å². The Balaban J connectivity index is 1.96. The van der Waals surface area contributed by atoms with Gasteiger partial charge in [0.25, 0.3) is 0 Å². The summed E-state index contributed by atoms with van der Waals surface area (Å²) in [5.74, 6) is 6.80. The molecule has 0 radical (unpaired) electrons. The van der Waals surface area contributed by atoms with Gasteiger partial charge >= 0.3 is 0 Å². The first-order valence-electron chi connectivity index (χ1n) is 6.97. The van der Waals surface area contributed by atoms with E-state index in [2.05, 4.69) is 15.5 Å². The van der Waals surface area contributed by atoms with Gasteiger partial charge in [-0.15, -0.1) is 10.2 Å². The van der Waals surface area contributed by atoms with Crippen LogP contribution in [-0.4, -0.2) is 26.5 Å². The molecule has 1 aromatic carbocycles. The van der Waals surface area contributed by atoms with E-state index in [1.165, 1.54) is 16.4 Å². The number of hydrogen-bond acceptors (Lipinski definition) is 5. The van der Waals surface area contributed by atoms with E-state index in [0.29, 0.717) is 11.0 Å². The van der Waals surface area contributed by atoms with Crippen LogP contribution in [0.1, 0.15) is 32.2 Å². The highest BCUT2D eigenvalue weighted by atomic mass is 32.2. The number of aromatic nitrogens is 3. The highest BCUT2D eigenvalue weighted by Crippen LogP contribution is 2.23. The molecule has 0 bridgehead atoms. The quantitative estimate of drug-likeness (QED) is 0.667. The lowest BCUT2D eigenvalue weighted by molar-refractivity contribution is -0.113. The number of nitrogen functional groups attached to an aromatic ring is 1. The van der Waals surface area contributed by atoms with Gasteiger partial charge in [0.2, 0.25) is 11.1 Å². The van der Waals surface area contributed by atoms with E-state index in [4.69, 9.17) is 5.84 Å². The topological polar surface area (TPSA) is 85.8 Å². The van der Waals surface area contributed by atoms with E-state index in [-0.39, 0.29) is 17.1 Å². The Bertz CT molecular complexity index is 675. The first-order chi connectivity index (χ1) is 10.3. The number of nitrogens with zero attached hydrogens (tertiary/aromatic N) is 3. The highest BCUT2D eigenvalue weighted by molar-refractivity contribution is 7.99. The number of carbonyl (C=O) groups is 1. The van der Waals surface area contributed by atoms with Crippen molar-refractivity contribution in [1.29, 1.82) is 0 Å². The summed E-state index contributed by atoms with van der Waals surface area (Å²) in [6.07, 6.45) is 0. The number of carbonyl (C=O) groups excluding carboxylic acids is 1. The average Bonchev–Trinajstić information content (AvgIpc) is 2.77. The van der Waals surface area contributed by atoms with E-state index in [1.54, 1.807) is 0 Å². The Hall–Kier alpha value is -2.02. The normalized spacial score (nSPS) is 11.5. The maximum absolute atomic E-state index is 12.0. The second kappa shape index (κ2) is 6.39. The zero-order chi connectivity index (χ0) is 16.3. The van der Waals surface area contributed by atoms with Gasteiger partial charge in [0.15, 0.2) is 5.82 Å². The average molecular weight is 319 g/mol. The lowest BCUT2D eigenvalue weighted by Crippen LogP contribution is -2.24. The molecule has 0 aliphatic carbocycles. The van der Waals surface area contributed by atoms with Gasteiger partial charge in [-0.05, 0) is 24.6 Å². The largest absolute Gasteiger partial charge is 0.336 e. The monoisotopic (exact) mass is 319 g/mol. The number of anilines is 1. The predicted octanol–water partition coefficient (Wildman–Crippen LogP) is 2.33. The minimum Gasteiger partial charge on any atom is -0.336 e. The Morgan fingerprint density at radius 3 is 2.68 bits per heavy atom. The highest BCUT2D eigenvalue weighted by Gasteiger charge is 2.23. The lowest BCUT2D eigenvalue weighted by Gasteiger charge is -2.16. The standard InChI is InChI=1S/C15H21N5OS/c1-10-6-5-7-11(8-10)17-12(21)9-22-14-19-18-13(20(14)16)15(2,3)4/h5-8H,9,16H2,1-4H3,(H,17,21). The summed E-state index contributed by atoms with van der Waals surface area (Å²) < 4.78 is 1.45. The maximum Gasteiger partial charge on any atom is 0.234 e. The summed E-state index contributed by atoms with van der Waals surface area (Å²) in [7, 11) is 0. The van der Waals surface area contributed by atoms with Crippen molar-refractivity contribution >= 4 is 23.4 Å². The number of nitrogens with two attached hydrogens (primary N) is 1. The van der Waals surface area contributed by atoms with Crippen LogP contribution in [0.3, 0.4) is 0 Å². The number of amides is 1. The number of nitrogens with one attached hydrogen (secondary N) is 1. The summed E-state index contributed by atoms with van der Waals surface area (Å²) in [5, 5.41) is 11.5. The smallest absolute Gasteiger partial charge is 0.234 e. The second-order valence-electron chi connectivity index (χ2n) is 6.13. The van der Waals surface area contributed by atoms with Crippen LogP contribution in [0.2, 0.25) is 0 Å². The lowest BCUT2D eigenvalue weighted by atomic mass is 9.96. The van der Waals surface area contributed by atoms with Crippen molar-refractivity contribution in [2.75, 3.05) is 16.9 Å². The molecule has 2 aromatic rings. The molecule has 1 aromatic heterocycles. The van der Waals surface area contributed by atoms with E-state index in [9.17, 15) is 4.79 Å². The molecule has 6 nitrogen and oxygen atoms in total. The summed E-state index contributed by atoms with van der Waals surface area (Å²) >= 11 is 1.27. The summed E-state index contributed by atoms with van der Waals surface area (Å²) in [6, 6.07) is 7.67. The van der Waals surface area contributed by atoms with Crippen LogP contribution in [0, 0.1) is 6.92 Å². The van der Waals surface area contributed by atoms with Crippen LogP contribution in [-0.2, 0) is 10.2 Å². The zero-order valence-corrected chi connectivity index (χ0v) is 14.1. The van der Waals surface area contributed by atoms with Crippen molar-refractivity contribution < 1.29 is 4.79 Å². The molecule has 2 rings (SSSR count). The fraction of sp³-hybridized carbons (Fsp3) is 0.400. The fourth-order valence-corrected chi connectivity index (χ4v) is 2.59. The Labute approximate surface area is 134 Å². The minimum atomic E-state index is -0.190. The first kappa shape index (κ1) is 16.4. The maximum atomic E-state index is 12.0. The molecule has 1 amide bonds. The van der Waals surface area contributed by atoms with Crippen molar-refractivity contribution in [2.24, 2.45) is 0 Å². The molecule has 0 aliphatic heterocycles. The van der Waals surface area contributed by atoms with Crippen molar-refractivity contribution in [3.63, 3.8) is 0 Å². The summed E-state index contributed by atoms with van der Waals surface area (Å²) in [4.78, 5) is 12.0. The SMILES string of the molecule is Cc1cccc(NC(=O)CSc2nnc(C(C)(C)C)n2N)c1. The van der Waals surface area contributed by atoms with E-state index in [1.807, 2.05) is 52.0 Å². The van der Waals surface area contributed by atoms with Crippen LogP contribution < -0.4 is 11.2 Å². The number of rotatable bonds is 4. The number of aryl methyl sites for hydroxylation is 1. The van der Waals surface area contributed by atoms with E-state index in [0.717, 1.165) is 11.3 Å². The Morgan fingerprint density at radius 1 is 1.36 bits per heavy atom. The van der Waals surface area contributed by atoms with E-state index >= 15 is 0 Å². The van der Waals surface area contributed by atoms with Crippen molar-refractivity contribution in [2.45, 2.75) is 38.3 Å². The van der Waals surface area contributed by atoms with Crippen molar-refractivity contribution in [1.82, 2.24) is 14.9 Å².